The molecule has 1 unspecified atom stereocenters. The quantitative estimate of drug-likeness (QED) is 0.760. The van der Waals surface area contributed by atoms with Gasteiger partial charge in [0, 0.05) is 17.5 Å². The lowest BCUT2D eigenvalue weighted by molar-refractivity contribution is 0.0903. The molecule has 1 atom stereocenters. The summed E-state index contributed by atoms with van der Waals surface area (Å²) in [5.41, 5.74) is 1.32. The molecule has 0 spiro atoms. The van der Waals surface area contributed by atoms with E-state index in [1.807, 2.05) is 23.9 Å². The average molecular weight is 302 g/mol. The van der Waals surface area contributed by atoms with E-state index in [0.717, 1.165) is 30.2 Å². The highest BCUT2D eigenvalue weighted by Crippen LogP contribution is 2.40. The average Bonchev–Trinajstić information content (AvgIpc) is 2.43. The largest absolute Gasteiger partial charge is 0.394 e. The smallest absolute Gasteiger partial charge is 0.0697 e. The maximum absolute atomic E-state index is 8.61. The number of hydrogen-bond acceptors (Lipinski definition) is 4. The molecule has 0 fully saturated rings. The van der Waals surface area contributed by atoms with Crippen LogP contribution in [-0.4, -0.2) is 37.2 Å². The molecule has 0 aliphatic carbocycles. The third-order valence-corrected chi connectivity index (χ3v) is 4.73. The molecule has 0 saturated heterocycles. The summed E-state index contributed by atoms with van der Waals surface area (Å²) in [4.78, 5) is 1.23. The van der Waals surface area contributed by atoms with E-state index in [2.05, 4.69) is 11.4 Å². The van der Waals surface area contributed by atoms with E-state index < -0.39 is 0 Å². The van der Waals surface area contributed by atoms with Crippen LogP contribution in [0.3, 0.4) is 0 Å². The summed E-state index contributed by atoms with van der Waals surface area (Å²) in [5.74, 6) is 1.11. The molecule has 1 heterocycles. The topological polar surface area (TPSA) is 41.5 Å². The monoisotopic (exact) mass is 301 g/mol. The Hall–Kier alpha value is -0.260. The molecule has 1 aliphatic heterocycles. The fourth-order valence-corrected chi connectivity index (χ4v) is 3.70. The number of benzene rings is 1. The Balaban J connectivity index is 1.81. The lowest BCUT2D eigenvalue weighted by Gasteiger charge is -2.26. The molecule has 0 radical (unpaired) electrons. The van der Waals surface area contributed by atoms with Crippen molar-refractivity contribution in [3.05, 3.63) is 28.8 Å². The zero-order valence-corrected chi connectivity index (χ0v) is 12.5. The van der Waals surface area contributed by atoms with Crippen molar-refractivity contribution in [2.75, 3.05) is 32.1 Å². The van der Waals surface area contributed by atoms with E-state index in [1.54, 1.807) is 0 Å². The molecular formula is C14H20ClNO2S. The number of hydrogen-bond donors (Lipinski definition) is 2. The van der Waals surface area contributed by atoms with E-state index in [9.17, 15) is 0 Å². The van der Waals surface area contributed by atoms with E-state index in [0.29, 0.717) is 19.3 Å². The van der Waals surface area contributed by atoms with Crippen molar-refractivity contribution in [1.82, 2.24) is 5.32 Å². The first kappa shape index (κ1) is 15.1. The highest BCUT2D eigenvalue weighted by atomic mass is 35.5. The maximum atomic E-state index is 8.61. The molecule has 1 aliphatic rings. The van der Waals surface area contributed by atoms with Gasteiger partial charge in [0.15, 0.2) is 0 Å². The molecule has 0 saturated carbocycles. The van der Waals surface area contributed by atoms with E-state index >= 15 is 0 Å². The Morgan fingerprint density at radius 2 is 2.32 bits per heavy atom. The first-order chi connectivity index (χ1) is 9.33. The molecule has 5 heteroatoms. The van der Waals surface area contributed by atoms with Crippen molar-refractivity contribution < 1.29 is 9.84 Å². The SMILES string of the molecule is OCCOCCCNC1CCSc2c(Cl)cccc21. The Morgan fingerprint density at radius 1 is 1.42 bits per heavy atom. The second kappa shape index (κ2) is 8.12. The van der Waals surface area contributed by atoms with Crippen LogP contribution in [0.25, 0.3) is 0 Å². The van der Waals surface area contributed by atoms with E-state index in [-0.39, 0.29) is 6.61 Å². The summed E-state index contributed by atoms with van der Waals surface area (Å²) < 4.78 is 5.25. The summed E-state index contributed by atoms with van der Waals surface area (Å²) in [6.45, 7) is 2.14. The van der Waals surface area contributed by atoms with Gasteiger partial charge in [-0.05, 0) is 36.8 Å². The normalized spacial score (nSPS) is 18.3. The van der Waals surface area contributed by atoms with Gasteiger partial charge in [0.05, 0.1) is 18.2 Å². The number of aliphatic hydroxyl groups excluding tert-OH is 1. The standard InChI is InChI=1S/C14H20ClNO2S/c15-12-4-1-3-11-13(5-10-19-14(11)12)16-6-2-8-18-9-7-17/h1,3-4,13,16-17H,2,5-10H2. The van der Waals surface area contributed by atoms with Gasteiger partial charge in [-0.25, -0.2) is 0 Å². The van der Waals surface area contributed by atoms with Crippen LogP contribution in [0, 0.1) is 0 Å². The number of aliphatic hydroxyl groups is 1. The lowest BCUT2D eigenvalue weighted by atomic mass is 10.0. The molecule has 3 nitrogen and oxygen atoms in total. The predicted molar refractivity (Wildman–Crippen MR) is 80.1 cm³/mol. The number of thioether (sulfide) groups is 1. The fraction of sp³-hybridized carbons (Fsp3) is 0.571. The molecular weight excluding hydrogens is 282 g/mol. The third-order valence-electron chi connectivity index (χ3n) is 3.12. The molecule has 106 valence electrons. The predicted octanol–water partition coefficient (Wildman–Crippen LogP) is 2.87. The van der Waals surface area contributed by atoms with Gasteiger partial charge in [0.1, 0.15) is 0 Å². The molecule has 0 aromatic heterocycles. The molecule has 2 rings (SSSR count). The van der Waals surface area contributed by atoms with Gasteiger partial charge in [0.2, 0.25) is 0 Å². The first-order valence-corrected chi connectivity index (χ1v) is 8.02. The number of fused-ring (bicyclic) bond motifs is 1. The molecule has 0 amide bonds. The summed E-state index contributed by atoms with van der Waals surface area (Å²) >= 11 is 8.08. The molecule has 19 heavy (non-hydrogen) atoms. The first-order valence-electron chi connectivity index (χ1n) is 6.66. The van der Waals surface area contributed by atoms with Crippen LogP contribution >= 0.6 is 23.4 Å². The number of ether oxygens (including phenoxy) is 1. The summed E-state index contributed by atoms with van der Waals surface area (Å²) in [6.07, 6.45) is 2.09. The maximum Gasteiger partial charge on any atom is 0.0697 e. The van der Waals surface area contributed by atoms with Gasteiger partial charge in [-0.2, -0.15) is 0 Å². The van der Waals surface area contributed by atoms with Crippen molar-refractivity contribution >= 4 is 23.4 Å². The van der Waals surface area contributed by atoms with Crippen molar-refractivity contribution in [1.29, 1.82) is 0 Å². The van der Waals surface area contributed by atoms with Crippen LogP contribution in [0.15, 0.2) is 23.1 Å². The van der Waals surface area contributed by atoms with Crippen molar-refractivity contribution in [2.24, 2.45) is 0 Å². The minimum atomic E-state index is 0.0964. The summed E-state index contributed by atoms with van der Waals surface area (Å²) in [7, 11) is 0. The van der Waals surface area contributed by atoms with E-state index in [4.69, 9.17) is 21.4 Å². The van der Waals surface area contributed by atoms with Gasteiger partial charge in [0.25, 0.3) is 0 Å². The van der Waals surface area contributed by atoms with Crippen LogP contribution in [0.1, 0.15) is 24.4 Å². The molecule has 1 aromatic rings. The molecule has 0 bridgehead atoms. The second-order valence-electron chi connectivity index (χ2n) is 4.49. The highest BCUT2D eigenvalue weighted by molar-refractivity contribution is 7.99. The second-order valence-corrected chi connectivity index (χ2v) is 6.00. The van der Waals surface area contributed by atoms with Gasteiger partial charge < -0.3 is 15.2 Å². The molecule has 2 N–H and O–H groups in total. The Bertz CT molecular complexity index is 403. The zero-order valence-electron chi connectivity index (χ0n) is 10.9. The van der Waals surface area contributed by atoms with Crippen LogP contribution in [0.5, 0.6) is 0 Å². The number of halogens is 1. The van der Waals surface area contributed by atoms with E-state index in [1.165, 1.54) is 10.5 Å². The van der Waals surface area contributed by atoms with Gasteiger partial charge in [-0.15, -0.1) is 11.8 Å². The third kappa shape index (κ3) is 4.36. The number of rotatable bonds is 7. The fourth-order valence-electron chi connectivity index (χ4n) is 2.22. The van der Waals surface area contributed by atoms with Crippen LogP contribution in [0.4, 0.5) is 0 Å². The van der Waals surface area contributed by atoms with Gasteiger partial charge >= 0.3 is 0 Å². The minimum Gasteiger partial charge on any atom is -0.394 e. The van der Waals surface area contributed by atoms with Crippen molar-refractivity contribution in [3.8, 4) is 0 Å². The van der Waals surface area contributed by atoms with Crippen LogP contribution in [-0.2, 0) is 4.74 Å². The van der Waals surface area contributed by atoms with Crippen LogP contribution in [0.2, 0.25) is 5.02 Å². The zero-order chi connectivity index (χ0) is 13.5. The number of nitrogens with one attached hydrogen (secondary N) is 1. The summed E-state index contributed by atoms with van der Waals surface area (Å²) in [5, 5.41) is 13.0. The van der Waals surface area contributed by atoms with Crippen LogP contribution < -0.4 is 5.32 Å². The van der Waals surface area contributed by atoms with Crippen molar-refractivity contribution in [3.63, 3.8) is 0 Å². The van der Waals surface area contributed by atoms with Crippen molar-refractivity contribution in [2.45, 2.75) is 23.8 Å². The summed E-state index contributed by atoms with van der Waals surface area (Å²) in [6, 6.07) is 6.53. The lowest BCUT2D eigenvalue weighted by Crippen LogP contribution is -2.26. The van der Waals surface area contributed by atoms with Gasteiger partial charge in [-0.3, -0.25) is 0 Å². The minimum absolute atomic E-state index is 0.0964. The molecule has 1 aromatic carbocycles. The van der Waals surface area contributed by atoms with Gasteiger partial charge in [-0.1, -0.05) is 23.7 Å². The highest BCUT2D eigenvalue weighted by Gasteiger charge is 2.21. The Kier molecular flexibility index (Phi) is 6.47. The Labute approximate surface area is 123 Å². The Morgan fingerprint density at radius 3 is 3.16 bits per heavy atom.